The largest absolute Gasteiger partial charge is 0.489 e. The highest BCUT2D eigenvalue weighted by molar-refractivity contribution is 9.10. The first-order valence-electron chi connectivity index (χ1n) is 8.70. The number of hydrogen-bond donors (Lipinski definition) is 1. The van der Waals surface area contributed by atoms with Crippen LogP contribution < -0.4 is 10.1 Å². The zero-order chi connectivity index (χ0) is 20.6. The number of amides is 1. The van der Waals surface area contributed by atoms with Gasteiger partial charge < -0.3 is 10.1 Å². The zero-order valence-electron chi connectivity index (χ0n) is 15.2. The normalized spacial score (nSPS) is 10.9. The van der Waals surface area contributed by atoms with Gasteiger partial charge in [-0.1, -0.05) is 62.2 Å². The molecule has 3 aromatic rings. The molecule has 0 unspecified atom stereocenters. The lowest BCUT2D eigenvalue weighted by Crippen LogP contribution is -2.13. The Morgan fingerprint density at radius 2 is 1.69 bits per heavy atom. The van der Waals surface area contributed by atoms with E-state index in [1.165, 1.54) is 0 Å². The van der Waals surface area contributed by atoms with Crippen molar-refractivity contribution in [2.24, 2.45) is 0 Å². The highest BCUT2D eigenvalue weighted by Crippen LogP contribution is 2.20. The maximum atomic E-state index is 12.3. The molecule has 0 atom stereocenters. The van der Waals surface area contributed by atoms with Crippen LogP contribution in [0.4, 0.5) is 5.69 Å². The summed E-state index contributed by atoms with van der Waals surface area (Å²) in [6.07, 6.45) is 1.55. The number of carbonyl (C=O) groups is 1. The van der Waals surface area contributed by atoms with E-state index in [2.05, 4.69) is 37.2 Å². The van der Waals surface area contributed by atoms with Gasteiger partial charge in [0.2, 0.25) is 0 Å². The number of rotatable bonds is 6. The maximum absolute atomic E-state index is 12.3. The molecule has 3 aromatic carbocycles. The van der Waals surface area contributed by atoms with Crippen molar-refractivity contribution >= 4 is 49.5 Å². The topological polar surface area (TPSA) is 62.1 Å². The van der Waals surface area contributed by atoms with Crippen LogP contribution in [0.5, 0.6) is 5.75 Å². The SMILES string of the molecule is N#C/C(=C\c1ccc(OCc2ccccc2Br)cc1)C(=O)Nc1ccc(Br)cc1. The Morgan fingerprint density at radius 1 is 1.00 bits per heavy atom. The van der Waals surface area contributed by atoms with Crippen molar-refractivity contribution in [3.8, 4) is 11.8 Å². The van der Waals surface area contributed by atoms with Gasteiger partial charge in [0.05, 0.1) is 0 Å². The van der Waals surface area contributed by atoms with E-state index in [0.717, 1.165) is 20.1 Å². The summed E-state index contributed by atoms with van der Waals surface area (Å²) in [6, 6.07) is 24.2. The summed E-state index contributed by atoms with van der Waals surface area (Å²) < 4.78 is 7.70. The van der Waals surface area contributed by atoms with Crippen LogP contribution in [0.1, 0.15) is 11.1 Å². The molecule has 0 aromatic heterocycles. The zero-order valence-corrected chi connectivity index (χ0v) is 18.4. The number of nitrogens with zero attached hydrogens (tertiary/aromatic N) is 1. The summed E-state index contributed by atoms with van der Waals surface area (Å²) in [5.41, 5.74) is 2.43. The second kappa shape index (κ2) is 10.1. The lowest BCUT2D eigenvalue weighted by atomic mass is 10.1. The molecule has 4 nitrogen and oxygen atoms in total. The van der Waals surface area contributed by atoms with Gasteiger partial charge in [-0.15, -0.1) is 0 Å². The number of hydrogen-bond acceptors (Lipinski definition) is 3. The molecule has 0 aliphatic heterocycles. The van der Waals surface area contributed by atoms with Crippen LogP contribution in [-0.2, 0) is 11.4 Å². The van der Waals surface area contributed by atoms with Crippen molar-refractivity contribution in [2.75, 3.05) is 5.32 Å². The molecule has 0 heterocycles. The minimum Gasteiger partial charge on any atom is -0.489 e. The molecule has 6 heteroatoms. The van der Waals surface area contributed by atoms with Crippen molar-refractivity contribution in [2.45, 2.75) is 6.61 Å². The standard InChI is InChI=1S/C23H16Br2N2O2/c24-19-7-9-20(10-8-19)27-23(28)18(14-26)13-16-5-11-21(12-6-16)29-15-17-3-1-2-4-22(17)25/h1-13H,15H2,(H,27,28)/b18-13+. The highest BCUT2D eigenvalue weighted by atomic mass is 79.9. The first kappa shape index (κ1) is 20.8. The predicted molar refractivity (Wildman–Crippen MR) is 121 cm³/mol. The Balaban J connectivity index is 1.65. The molecule has 144 valence electrons. The predicted octanol–water partition coefficient (Wildman–Crippen LogP) is 6.34. The molecular formula is C23H16Br2N2O2. The summed E-state index contributed by atoms with van der Waals surface area (Å²) in [7, 11) is 0. The molecule has 1 N–H and O–H groups in total. The first-order valence-corrected chi connectivity index (χ1v) is 10.3. The van der Waals surface area contributed by atoms with Crippen LogP contribution in [0.15, 0.2) is 87.3 Å². The fraction of sp³-hybridized carbons (Fsp3) is 0.0435. The molecule has 0 saturated carbocycles. The van der Waals surface area contributed by atoms with Crippen LogP contribution >= 0.6 is 31.9 Å². The Labute approximate surface area is 186 Å². The van der Waals surface area contributed by atoms with Gasteiger partial charge in [0, 0.05) is 20.2 Å². The molecule has 1 amide bonds. The van der Waals surface area contributed by atoms with Gasteiger partial charge in [-0.3, -0.25) is 4.79 Å². The number of nitriles is 1. The number of nitrogens with one attached hydrogen (secondary N) is 1. The third kappa shape index (κ3) is 6.05. The van der Waals surface area contributed by atoms with Gasteiger partial charge in [0.25, 0.3) is 5.91 Å². The fourth-order valence-electron chi connectivity index (χ4n) is 2.48. The van der Waals surface area contributed by atoms with E-state index in [-0.39, 0.29) is 5.57 Å². The quantitative estimate of drug-likeness (QED) is 0.310. The third-order valence-corrected chi connectivity index (χ3v) is 5.31. The summed E-state index contributed by atoms with van der Waals surface area (Å²) >= 11 is 6.84. The second-order valence-corrected chi connectivity index (χ2v) is 7.85. The van der Waals surface area contributed by atoms with Gasteiger partial charge in [0.1, 0.15) is 24.0 Å². The van der Waals surface area contributed by atoms with E-state index >= 15 is 0 Å². The van der Waals surface area contributed by atoms with Gasteiger partial charge in [-0.2, -0.15) is 5.26 Å². The molecule has 0 radical (unpaired) electrons. The van der Waals surface area contributed by atoms with Crippen molar-refractivity contribution in [3.63, 3.8) is 0 Å². The van der Waals surface area contributed by atoms with Gasteiger partial charge in [-0.25, -0.2) is 0 Å². The first-order chi connectivity index (χ1) is 14.0. The molecule has 29 heavy (non-hydrogen) atoms. The van der Waals surface area contributed by atoms with E-state index < -0.39 is 5.91 Å². The molecule has 0 aliphatic rings. The summed E-state index contributed by atoms with van der Waals surface area (Å²) in [6.45, 7) is 0.440. The fourth-order valence-corrected chi connectivity index (χ4v) is 3.15. The van der Waals surface area contributed by atoms with Gasteiger partial charge >= 0.3 is 0 Å². The van der Waals surface area contributed by atoms with Gasteiger partial charge in [0.15, 0.2) is 0 Å². The summed E-state index contributed by atoms with van der Waals surface area (Å²) in [5, 5.41) is 12.1. The Hall–Kier alpha value is -2.88. The van der Waals surface area contributed by atoms with Crippen LogP contribution in [-0.4, -0.2) is 5.91 Å². The van der Waals surface area contributed by atoms with Crippen LogP contribution in [0, 0.1) is 11.3 Å². The Bertz CT molecular complexity index is 1070. The van der Waals surface area contributed by atoms with E-state index in [0.29, 0.717) is 18.0 Å². The van der Waals surface area contributed by atoms with Crippen molar-refractivity contribution < 1.29 is 9.53 Å². The summed E-state index contributed by atoms with van der Waals surface area (Å²) in [5.74, 6) is 0.250. The van der Waals surface area contributed by atoms with Crippen molar-refractivity contribution in [1.82, 2.24) is 0 Å². The van der Waals surface area contributed by atoms with Crippen LogP contribution in [0.25, 0.3) is 6.08 Å². The molecule has 0 spiro atoms. The van der Waals surface area contributed by atoms with E-state index in [1.54, 1.807) is 30.3 Å². The lowest BCUT2D eigenvalue weighted by molar-refractivity contribution is -0.112. The van der Waals surface area contributed by atoms with Crippen LogP contribution in [0.2, 0.25) is 0 Å². The number of halogens is 2. The molecule has 0 saturated heterocycles. The number of carbonyl (C=O) groups excluding carboxylic acids is 1. The number of benzene rings is 3. The minimum atomic E-state index is -0.455. The average molecular weight is 512 g/mol. The Morgan fingerprint density at radius 3 is 2.34 bits per heavy atom. The highest BCUT2D eigenvalue weighted by Gasteiger charge is 2.09. The van der Waals surface area contributed by atoms with Gasteiger partial charge in [-0.05, 0) is 54.1 Å². The molecule has 3 rings (SSSR count). The molecule has 0 bridgehead atoms. The molecule has 0 aliphatic carbocycles. The third-order valence-electron chi connectivity index (χ3n) is 4.01. The van der Waals surface area contributed by atoms with E-state index in [9.17, 15) is 10.1 Å². The maximum Gasteiger partial charge on any atom is 0.266 e. The summed E-state index contributed by atoms with van der Waals surface area (Å²) in [4.78, 5) is 12.3. The smallest absolute Gasteiger partial charge is 0.266 e. The number of anilines is 1. The molecule has 0 fully saturated rings. The lowest BCUT2D eigenvalue weighted by Gasteiger charge is -2.08. The average Bonchev–Trinajstić information content (AvgIpc) is 2.74. The number of ether oxygens (including phenoxy) is 1. The Kier molecular flexibility index (Phi) is 7.23. The van der Waals surface area contributed by atoms with E-state index in [4.69, 9.17) is 4.74 Å². The van der Waals surface area contributed by atoms with E-state index in [1.807, 2.05) is 54.6 Å². The second-order valence-electron chi connectivity index (χ2n) is 6.08. The molecular weight excluding hydrogens is 496 g/mol. The van der Waals surface area contributed by atoms with Crippen LogP contribution in [0.3, 0.4) is 0 Å². The van der Waals surface area contributed by atoms with Crippen molar-refractivity contribution in [3.05, 3.63) is 98.4 Å². The minimum absolute atomic E-state index is 0.0230. The monoisotopic (exact) mass is 510 g/mol. The van der Waals surface area contributed by atoms with Crippen molar-refractivity contribution in [1.29, 1.82) is 5.26 Å².